The monoisotopic (exact) mass is 308 g/mol. The first-order valence-corrected chi connectivity index (χ1v) is 6.85. The smallest absolute Gasteiger partial charge is 0.109 e. The number of pyridine rings is 1. The Labute approximate surface area is 116 Å². The van der Waals surface area contributed by atoms with E-state index in [1.54, 1.807) is 0 Å². The van der Waals surface area contributed by atoms with E-state index < -0.39 is 0 Å². The van der Waals surface area contributed by atoms with Crippen molar-refractivity contribution in [3.8, 4) is 0 Å². The van der Waals surface area contributed by atoms with Crippen molar-refractivity contribution in [3.63, 3.8) is 0 Å². The molecule has 2 aromatic heterocycles. The minimum Gasteiger partial charge on any atom is -0.378 e. The van der Waals surface area contributed by atoms with Crippen LogP contribution >= 0.6 is 15.9 Å². The maximum absolute atomic E-state index is 4.27. The number of rotatable bonds is 5. The van der Waals surface area contributed by atoms with Crippen molar-refractivity contribution in [1.82, 2.24) is 14.5 Å². The van der Waals surface area contributed by atoms with E-state index in [1.165, 1.54) is 5.69 Å². The molecule has 0 amide bonds. The van der Waals surface area contributed by atoms with Crippen molar-refractivity contribution in [2.45, 2.75) is 33.4 Å². The summed E-state index contributed by atoms with van der Waals surface area (Å²) in [6.07, 6.45) is 6.73. The molecule has 0 saturated carbocycles. The maximum atomic E-state index is 4.27. The number of aryl methyl sites for hydroxylation is 2. The second-order valence-corrected chi connectivity index (χ2v) is 5.01. The van der Waals surface area contributed by atoms with E-state index in [-0.39, 0.29) is 0 Å². The molecule has 0 fully saturated rings. The third-order valence-corrected chi connectivity index (χ3v) is 3.58. The van der Waals surface area contributed by atoms with E-state index in [1.807, 2.05) is 25.6 Å². The van der Waals surface area contributed by atoms with Gasteiger partial charge in [-0.3, -0.25) is 0 Å². The largest absolute Gasteiger partial charge is 0.378 e. The van der Waals surface area contributed by atoms with Crippen LogP contribution in [-0.4, -0.2) is 14.5 Å². The maximum Gasteiger partial charge on any atom is 0.109 e. The molecule has 4 nitrogen and oxygen atoms in total. The van der Waals surface area contributed by atoms with Gasteiger partial charge in [0.05, 0.1) is 30.5 Å². The highest BCUT2D eigenvalue weighted by Crippen LogP contribution is 2.17. The second kappa shape index (κ2) is 6.00. The van der Waals surface area contributed by atoms with E-state index in [4.69, 9.17) is 0 Å². The van der Waals surface area contributed by atoms with Gasteiger partial charge >= 0.3 is 0 Å². The average molecular weight is 309 g/mol. The van der Waals surface area contributed by atoms with Crippen molar-refractivity contribution in [3.05, 3.63) is 40.6 Å². The molecule has 0 aliphatic carbocycles. The number of nitrogens with one attached hydrogen (secondary N) is 1. The Hall–Kier alpha value is -1.36. The van der Waals surface area contributed by atoms with Gasteiger partial charge in [-0.15, -0.1) is 0 Å². The summed E-state index contributed by atoms with van der Waals surface area (Å²) in [6.45, 7) is 5.97. The van der Waals surface area contributed by atoms with Crippen LogP contribution in [0.1, 0.15) is 24.6 Å². The predicted molar refractivity (Wildman–Crippen MR) is 76.5 cm³/mol. The summed E-state index contributed by atoms with van der Waals surface area (Å²) in [5, 5.41) is 3.37. The lowest BCUT2D eigenvalue weighted by Crippen LogP contribution is -2.07. The quantitative estimate of drug-likeness (QED) is 0.861. The van der Waals surface area contributed by atoms with Crippen molar-refractivity contribution in [2.75, 3.05) is 5.32 Å². The van der Waals surface area contributed by atoms with Crippen LogP contribution in [0, 0.1) is 6.92 Å². The average Bonchev–Trinajstić information content (AvgIpc) is 2.79. The number of halogens is 1. The summed E-state index contributed by atoms with van der Waals surface area (Å²) < 4.78 is 3.07. The van der Waals surface area contributed by atoms with E-state index in [2.05, 4.69) is 48.8 Å². The first-order chi connectivity index (χ1) is 8.70. The van der Waals surface area contributed by atoms with Gasteiger partial charge in [0.1, 0.15) is 4.60 Å². The SMILES string of the molecule is CCCn1cncc1CNc1cnc(Br)c(C)c1. The Balaban J connectivity index is 2.02. The zero-order valence-corrected chi connectivity index (χ0v) is 12.2. The number of nitrogens with zero attached hydrogens (tertiary/aromatic N) is 3. The van der Waals surface area contributed by atoms with Gasteiger partial charge in [0, 0.05) is 12.7 Å². The van der Waals surface area contributed by atoms with Crippen LogP contribution in [0.25, 0.3) is 0 Å². The minimum absolute atomic E-state index is 0.767. The van der Waals surface area contributed by atoms with Crippen LogP contribution in [0.15, 0.2) is 29.4 Å². The number of imidazole rings is 1. The molecule has 2 aromatic rings. The van der Waals surface area contributed by atoms with E-state index in [0.29, 0.717) is 0 Å². The van der Waals surface area contributed by atoms with Crippen molar-refractivity contribution >= 4 is 21.6 Å². The molecule has 0 aliphatic rings. The number of hydrogen-bond donors (Lipinski definition) is 1. The highest BCUT2D eigenvalue weighted by molar-refractivity contribution is 9.10. The Morgan fingerprint density at radius 3 is 2.94 bits per heavy atom. The molecular weight excluding hydrogens is 292 g/mol. The van der Waals surface area contributed by atoms with Crippen LogP contribution in [0.2, 0.25) is 0 Å². The third-order valence-electron chi connectivity index (χ3n) is 2.75. The van der Waals surface area contributed by atoms with Crippen LogP contribution in [0.4, 0.5) is 5.69 Å². The topological polar surface area (TPSA) is 42.7 Å². The third kappa shape index (κ3) is 3.10. The molecule has 96 valence electrons. The molecule has 0 unspecified atom stereocenters. The van der Waals surface area contributed by atoms with Gasteiger partial charge in [0.15, 0.2) is 0 Å². The summed E-state index contributed by atoms with van der Waals surface area (Å²) in [5.41, 5.74) is 3.35. The zero-order chi connectivity index (χ0) is 13.0. The van der Waals surface area contributed by atoms with E-state index in [0.717, 1.165) is 35.4 Å². The van der Waals surface area contributed by atoms with Gasteiger partial charge < -0.3 is 9.88 Å². The van der Waals surface area contributed by atoms with Gasteiger partial charge in [-0.25, -0.2) is 9.97 Å². The first kappa shape index (κ1) is 13.1. The molecule has 2 heterocycles. The van der Waals surface area contributed by atoms with Crippen LogP contribution in [0.5, 0.6) is 0 Å². The first-order valence-electron chi connectivity index (χ1n) is 6.05. The number of anilines is 1. The normalized spacial score (nSPS) is 10.6. The number of hydrogen-bond acceptors (Lipinski definition) is 3. The molecule has 2 rings (SSSR count). The molecular formula is C13H17BrN4. The minimum atomic E-state index is 0.767. The van der Waals surface area contributed by atoms with Crippen LogP contribution in [-0.2, 0) is 13.1 Å². The summed E-state index contributed by atoms with van der Waals surface area (Å²) in [5.74, 6) is 0. The fraction of sp³-hybridized carbons (Fsp3) is 0.385. The molecule has 0 aromatic carbocycles. The Morgan fingerprint density at radius 1 is 1.39 bits per heavy atom. The molecule has 1 N–H and O–H groups in total. The fourth-order valence-electron chi connectivity index (χ4n) is 1.78. The molecule has 0 saturated heterocycles. The molecule has 18 heavy (non-hydrogen) atoms. The summed E-state index contributed by atoms with van der Waals surface area (Å²) in [6, 6.07) is 2.08. The van der Waals surface area contributed by atoms with Gasteiger partial charge in [-0.05, 0) is 40.9 Å². The summed E-state index contributed by atoms with van der Waals surface area (Å²) >= 11 is 3.40. The lowest BCUT2D eigenvalue weighted by atomic mass is 10.3. The summed E-state index contributed by atoms with van der Waals surface area (Å²) in [7, 11) is 0. The lowest BCUT2D eigenvalue weighted by molar-refractivity contribution is 0.651. The molecule has 0 atom stereocenters. The second-order valence-electron chi connectivity index (χ2n) is 4.26. The Kier molecular flexibility index (Phi) is 4.36. The van der Waals surface area contributed by atoms with E-state index >= 15 is 0 Å². The molecule has 5 heteroatoms. The summed E-state index contributed by atoms with van der Waals surface area (Å²) in [4.78, 5) is 8.45. The van der Waals surface area contributed by atoms with Gasteiger partial charge in [0.25, 0.3) is 0 Å². The van der Waals surface area contributed by atoms with Crippen LogP contribution in [0.3, 0.4) is 0 Å². The van der Waals surface area contributed by atoms with Gasteiger partial charge in [0.2, 0.25) is 0 Å². The van der Waals surface area contributed by atoms with Gasteiger partial charge in [-0.2, -0.15) is 0 Å². The highest BCUT2D eigenvalue weighted by Gasteiger charge is 2.02. The van der Waals surface area contributed by atoms with Gasteiger partial charge in [-0.1, -0.05) is 6.92 Å². The number of aromatic nitrogens is 3. The van der Waals surface area contributed by atoms with E-state index in [9.17, 15) is 0 Å². The molecule has 0 aliphatic heterocycles. The van der Waals surface area contributed by atoms with Crippen molar-refractivity contribution < 1.29 is 0 Å². The molecule has 0 radical (unpaired) electrons. The standard InChI is InChI=1S/C13H17BrN4/c1-3-4-18-9-15-7-12(18)8-16-11-5-10(2)13(14)17-6-11/h5-7,9,16H,3-4,8H2,1-2H3. The molecule has 0 spiro atoms. The fourth-order valence-corrected chi connectivity index (χ4v) is 2.00. The Morgan fingerprint density at radius 2 is 2.22 bits per heavy atom. The predicted octanol–water partition coefficient (Wildman–Crippen LogP) is 3.37. The zero-order valence-electron chi connectivity index (χ0n) is 10.7. The Bertz CT molecular complexity index is 521. The van der Waals surface area contributed by atoms with Crippen LogP contribution < -0.4 is 5.32 Å². The highest BCUT2D eigenvalue weighted by atomic mass is 79.9. The van der Waals surface area contributed by atoms with Crippen molar-refractivity contribution in [2.24, 2.45) is 0 Å². The lowest BCUT2D eigenvalue weighted by Gasteiger charge is -2.09. The van der Waals surface area contributed by atoms with Crippen molar-refractivity contribution in [1.29, 1.82) is 0 Å². The molecule has 0 bridgehead atoms.